The van der Waals surface area contributed by atoms with Crippen LogP contribution in [0.5, 0.6) is 11.6 Å². The van der Waals surface area contributed by atoms with Gasteiger partial charge < -0.3 is 4.74 Å². The third kappa shape index (κ3) is 2.19. The van der Waals surface area contributed by atoms with Gasteiger partial charge in [-0.1, -0.05) is 22.0 Å². The summed E-state index contributed by atoms with van der Waals surface area (Å²) in [5.74, 6) is 1.28. The minimum absolute atomic E-state index is 0.513. The van der Waals surface area contributed by atoms with Crippen molar-refractivity contribution >= 4 is 27.0 Å². The lowest BCUT2D eigenvalue weighted by Crippen LogP contribution is -1.95. The molecule has 2 aromatic heterocycles. The van der Waals surface area contributed by atoms with E-state index >= 15 is 0 Å². The van der Waals surface area contributed by atoms with E-state index in [9.17, 15) is 0 Å². The number of rotatable bonds is 2. The van der Waals surface area contributed by atoms with Gasteiger partial charge in [-0.05, 0) is 24.6 Å². The lowest BCUT2D eigenvalue weighted by Gasteiger charge is -2.08. The number of aryl methyl sites for hydroxylation is 2. The maximum atomic E-state index is 5.88. The summed E-state index contributed by atoms with van der Waals surface area (Å²) in [6.07, 6.45) is 3.19. The highest BCUT2D eigenvalue weighted by Gasteiger charge is 2.11. The van der Waals surface area contributed by atoms with Crippen LogP contribution in [0.4, 0.5) is 0 Å². The van der Waals surface area contributed by atoms with Gasteiger partial charge in [-0.3, -0.25) is 4.68 Å². The van der Waals surface area contributed by atoms with Crippen molar-refractivity contribution in [2.24, 2.45) is 7.05 Å². The van der Waals surface area contributed by atoms with Gasteiger partial charge in [0.1, 0.15) is 17.5 Å². The predicted octanol–water partition coefficient (Wildman–Crippen LogP) is 3.23. The van der Waals surface area contributed by atoms with Crippen molar-refractivity contribution in [1.82, 2.24) is 19.7 Å². The second-order valence-electron chi connectivity index (χ2n) is 4.20. The zero-order chi connectivity index (χ0) is 13.4. The Morgan fingerprint density at radius 3 is 2.95 bits per heavy atom. The Balaban J connectivity index is 2.08. The molecule has 0 saturated heterocycles. The van der Waals surface area contributed by atoms with Gasteiger partial charge in [-0.25, -0.2) is 9.97 Å². The van der Waals surface area contributed by atoms with Crippen LogP contribution in [0.1, 0.15) is 5.56 Å². The van der Waals surface area contributed by atoms with Gasteiger partial charge in [0, 0.05) is 11.5 Å². The lowest BCUT2D eigenvalue weighted by molar-refractivity contribution is 0.464. The molecular weight excluding hydrogens is 308 g/mol. The summed E-state index contributed by atoms with van der Waals surface area (Å²) in [4.78, 5) is 8.37. The van der Waals surface area contributed by atoms with Gasteiger partial charge in [0.25, 0.3) is 0 Å². The first-order chi connectivity index (χ1) is 9.15. The van der Waals surface area contributed by atoms with Crippen molar-refractivity contribution in [2.75, 3.05) is 0 Å². The van der Waals surface area contributed by atoms with Gasteiger partial charge in [-0.2, -0.15) is 5.10 Å². The van der Waals surface area contributed by atoms with Crippen LogP contribution in [-0.2, 0) is 7.05 Å². The second kappa shape index (κ2) is 4.62. The van der Waals surface area contributed by atoms with E-state index in [1.807, 2.05) is 32.2 Å². The molecule has 6 heteroatoms. The van der Waals surface area contributed by atoms with Crippen LogP contribution < -0.4 is 4.74 Å². The molecule has 0 aliphatic heterocycles. The Hall–Kier alpha value is -1.95. The van der Waals surface area contributed by atoms with E-state index in [-0.39, 0.29) is 0 Å². The number of halogens is 1. The summed E-state index contributed by atoms with van der Waals surface area (Å²) in [7, 11) is 1.84. The monoisotopic (exact) mass is 318 g/mol. The normalized spacial score (nSPS) is 10.9. The lowest BCUT2D eigenvalue weighted by atomic mass is 10.2. The fraction of sp³-hybridized carbons (Fsp3) is 0.154. The molecule has 0 aliphatic rings. The summed E-state index contributed by atoms with van der Waals surface area (Å²) in [5.41, 5.74) is 1.79. The van der Waals surface area contributed by atoms with Crippen LogP contribution in [-0.4, -0.2) is 19.7 Å². The Kier molecular flexibility index (Phi) is 2.94. The van der Waals surface area contributed by atoms with E-state index in [0.717, 1.165) is 26.8 Å². The fourth-order valence-corrected chi connectivity index (χ4v) is 2.15. The molecule has 19 heavy (non-hydrogen) atoms. The molecule has 0 unspecified atom stereocenters. The van der Waals surface area contributed by atoms with Crippen molar-refractivity contribution in [1.29, 1.82) is 0 Å². The largest absolute Gasteiger partial charge is 0.438 e. The van der Waals surface area contributed by atoms with Gasteiger partial charge in [-0.15, -0.1) is 0 Å². The van der Waals surface area contributed by atoms with Crippen LogP contribution in [0.25, 0.3) is 11.0 Å². The molecule has 1 aromatic carbocycles. The first-order valence-corrected chi connectivity index (χ1v) is 6.51. The highest BCUT2D eigenvalue weighted by atomic mass is 79.9. The van der Waals surface area contributed by atoms with Gasteiger partial charge in [0.05, 0.1) is 6.20 Å². The maximum absolute atomic E-state index is 5.88. The summed E-state index contributed by atoms with van der Waals surface area (Å²) in [6, 6.07) is 5.88. The molecular formula is C13H11BrN4O. The van der Waals surface area contributed by atoms with Crippen LogP contribution in [0.3, 0.4) is 0 Å². The van der Waals surface area contributed by atoms with E-state index in [0.29, 0.717) is 5.88 Å². The molecule has 3 rings (SSSR count). The van der Waals surface area contributed by atoms with E-state index in [4.69, 9.17) is 4.74 Å². The molecule has 0 amide bonds. The average Bonchev–Trinajstić information content (AvgIpc) is 2.77. The maximum Gasteiger partial charge on any atom is 0.233 e. The number of ether oxygens (including phenoxy) is 1. The second-order valence-corrected chi connectivity index (χ2v) is 5.11. The third-order valence-corrected chi connectivity index (χ3v) is 3.34. The number of benzene rings is 1. The number of hydrogen-bond donors (Lipinski definition) is 0. The quantitative estimate of drug-likeness (QED) is 0.728. The van der Waals surface area contributed by atoms with E-state index < -0.39 is 0 Å². The number of fused-ring (bicyclic) bond motifs is 1. The highest BCUT2D eigenvalue weighted by molar-refractivity contribution is 9.10. The van der Waals surface area contributed by atoms with Crippen LogP contribution >= 0.6 is 15.9 Å². The molecule has 0 fully saturated rings. The molecule has 0 atom stereocenters. The van der Waals surface area contributed by atoms with Crippen molar-refractivity contribution in [2.45, 2.75) is 6.92 Å². The van der Waals surface area contributed by atoms with E-state index in [1.165, 1.54) is 6.33 Å². The Morgan fingerprint density at radius 1 is 1.26 bits per heavy atom. The molecule has 96 valence electrons. The van der Waals surface area contributed by atoms with Crippen molar-refractivity contribution in [3.8, 4) is 11.6 Å². The fourth-order valence-electron chi connectivity index (χ4n) is 1.81. The zero-order valence-electron chi connectivity index (χ0n) is 10.5. The Labute approximate surface area is 118 Å². The molecule has 0 N–H and O–H groups in total. The molecule has 2 heterocycles. The van der Waals surface area contributed by atoms with Gasteiger partial charge in [0.15, 0.2) is 5.65 Å². The van der Waals surface area contributed by atoms with Crippen LogP contribution in [0.2, 0.25) is 0 Å². The van der Waals surface area contributed by atoms with Crippen LogP contribution in [0, 0.1) is 6.92 Å². The first-order valence-electron chi connectivity index (χ1n) is 5.72. The zero-order valence-corrected chi connectivity index (χ0v) is 12.0. The molecule has 0 bridgehead atoms. The molecule has 5 nitrogen and oxygen atoms in total. The topological polar surface area (TPSA) is 52.8 Å². The summed E-state index contributed by atoms with van der Waals surface area (Å²) in [5, 5.41) is 4.96. The van der Waals surface area contributed by atoms with Crippen molar-refractivity contribution in [3.63, 3.8) is 0 Å². The van der Waals surface area contributed by atoms with Gasteiger partial charge in [0.2, 0.25) is 5.88 Å². The van der Waals surface area contributed by atoms with E-state index in [2.05, 4.69) is 31.0 Å². The molecule has 0 spiro atoms. The van der Waals surface area contributed by atoms with E-state index in [1.54, 1.807) is 10.9 Å². The standard InChI is InChI=1S/C13H11BrN4O/c1-8-3-4-9(14)5-11(8)19-13-10-6-17-18(2)12(10)15-7-16-13/h3-7H,1-2H3. The summed E-state index contributed by atoms with van der Waals surface area (Å²) in [6.45, 7) is 1.99. The Morgan fingerprint density at radius 2 is 2.11 bits per heavy atom. The number of aromatic nitrogens is 4. The summed E-state index contributed by atoms with van der Waals surface area (Å²) >= 11 is 3.43. The molecule has 0 saturated carbocycles. The molecule has 3 aromatic rings. The predicted molar refractivity (Wildman–Crippen MR) is 75.3 cm³/mol. The third-order valence-electron chi connectivity index (χ3n) is 2.85. The smallest absolute Gasteiger partial charge is 0.233 e. The molecule has 0 aliphatic carbocycles. The average molecular weight is 319 g/mol. The minimum atomic E-state index is 0.513. The van der Waals surface area contributed by atoms with Crippen molar-refractivity contribution < 1.29 is 4.74 Å². The van der Waals surface area contributed by atoms with Gasteiger partial charge >= 0.3 is 0 Å². The summed E-state index contributed by atoms with van der Waals surface area (Å²) < 4.78 is 8.54. The highest BCUT2D eigenvalue weighted by Crippen LogP contribution is 2.30. The molecule has 0 radical (unpaired) electrons. The minimum Gasteiger partial charge on any atom is -0.438 e. The number of nitrogens with zero attached hydrogens (tertiary/aromatic N) is 4. The SMILES string of the molecule is Cc1ccc(Br)cc1Oc1ncnc2c1cnn2C. The van der Waals surface area contributed by atoms with Crippen LogP contribution in [0.15, 0.2) is 35.2 Å². The number of hydrogen-bond acceptors (Lipinski definition) is 4. The first kappa shape index (κ1) is 12.1. The van der Waals surface area contributed by atoms with Crippen molar-refractivity contribution in [3.05, 3.63) is 40.8 Å². The Bertz CT molecular complexity index is 753.